The number of likely N-dealkylation sites (tertiary alicyclic amines) is 1. The highest BCUT2D eigenvalue weighted by Gasteiger charge is 2.37. The zero-order valence-corrected chi connectivity index (χ0v) is 28.8. The van der Waals surface area contributed by atoms with Crippen LogP contribution in [0.2, 0.25) is 0 Å². The molecule has 4 aromatic rings. The van der Waals surface area contributed by atoms with Gasteiger partial charge in [-0.3, -0.25) is 28.8 Å². The largest absolute Gasteiger partial charge is 0.465 e. The molecule has 0 saturated carbocycles. The minimum atomic E-state index is -3.70. The van der Waals surface area contributed by atoms with E-state index in [9.17, 15) is 14.4 Å². The van der Waals surface area contributed by atoms with E-state index in [1.54, 1.807) is 20.2 Å². The molecule has 1 fully saturated rings. The van der Waals surface area contributed by atoms with E-state index >= 15 is 4.57 Å². The first-order valence-corrected chi connectivity index (χ1v) is 18.6. The van der Waals surface area contributed by atoms with Crippen molar-refractivity contribution in [2.75, 3.05) is 38.2 Å². The molecule has 0 spiro atoms. The molecular formula is C34H45N8O6P. The maximum absolute atomic E-state index is 15.1. The molecule has 3 heterocycles. The number of benzene rings is 2. The molecule has 5 N–H and O–H groups in total. The van der Waals surface area contributed by atoms with Crippen LogP contribution in [0.25, 0.3) is 11.2 Å². The highest BCUT2D eigenvalue weighted by atomic mass is 31.2. The Balaban J connectivity index is 1.41. The van der Waals surface area contributed by atoms with Crippen LogP contribution in [0.4, 0.5) is 5.95 Å². The van der Waals surface area contributed by atoms with E-state index in [0.717, 1.165) is 30.5 Å². The number of rotatable bonds is 17. The van der Waals surface area contributed by atoms with E-state index in [4.69, 9.17) is 15.2 Å². The van der Waals surface area contributed by atoms with Crippen molar-refractivity contribution in [3.05, 3.63) is 88.5 Å². The van der Waals surface area contributed by atoms with E-state index in [0.29, 0.717) is 18.7 Å². The topological polar surface area (TPSA) is 187 Å². The van der Waals surface area contributed by atoms with Crippen LogP contribution in [-0.4, -0.2) is 86.9 Å². The van der Waals surface area contributed by atoms with Gasteiger partial charge in [0.15, 0.2) is 11.2 Å². The first-order chi connectivity index (χ1) is 23.7. The second-order valence-electron chi connectivity index (χ2n) is 12.1. The van der Waals surface area contributed by atoms with Crippen LogP contribution in [0.5, 0.6) is 0 Å². The predicted octanol–water partition coefficient (Wildman–Crippen LogP) is 2.89. The summed E-state index contributed by atoms with van der Waals surface area (Å²) in [5, 5.41) is 6.31. The van der Waals surface area contributed by atoms with Crippen molar-refractivity contribution in [1.29, 1.82) is 0 Å². The summed E-state index contributed by atoms with van der Waals surface area (Å²) in [6.07, 6.45) is 3.94. The number of fused-ring (bicyclic) bond motifs is 1. The van der Waals surface area contributed by atoms with Crippen LogP contribution in [0.3, 0.4) is 0 Å². The summed E-state index contributed by atoms with van der Waals surface area (Å²) in [5.74, 6) is -1.05. The molecule has 3 atom stereocenters. The molecule has 2 aromatic carbocycles. The van der Waals surface area contributed by atoms with E-state index in [1.165, 1.54) is 0 Å². The highest BCUT2D eigenvalue weighted by Crippen LogP contribution is 2.39. The molecule has 0 unspecified atom stereocenters. The van der Waals surface area contributed by atoms with Crippen molar-refractivity contribution >= 4 is 36.5 Å². The third-order valence-corrected chi connectivity index (χ3v) is 10.8. The fraction of sp³-hybridized carbons (Fsp3) is 0.441. The summed E-state index contributed by atoms with van der Waals surface area (Å²) < 4.78 is 27.8. The van der Waals surface area contributed by atoms with E-state index in [1.807, 2.05) is 65.2 Å². The quantitative estimate of drug-likeness (QED) is 0.0938. The Hall–Kier alpha value is -4.36. The third-order valence-electron chi connectivity index (χ3n) is 8.54. The summed E-state index contributed by atoms with van der Waals surface area (Å²) in [6.45, 7) is 5.42. The van der Waals surface area contributed by atoms with Gasteiger partial charge in [0.2, 0.25) is 13.4 Å². The molecule has 1 saturated heterocycles. The number of aromatic amines is 1. The maximum Gasteiger partial charge on any atom is 0.323 e. The number of carbonyl (C=O) groups is 2. The van der Waals surface area contributed by atoms with Crippen LogP contribution in [0.15, 0.2) is 71.8 Å². The number of hydrogen-bond donors (Lipinski definition) is 4. The maximum atomic E-state index is 15.1. The van der Waals surface area contributed by atoms with Crippen molar-refractivity contribution < 1.29 is 23.6 Å². The lowest BCUT2D eigenvalue weighted by atomic mass is 10.1. The van der Waals surface area contributed by atoms with Gasteiger partial charge in [-0.2, -0.15) is 4.98 Å². The molecule has 1 aliphatic rings. The standard InChI is InChI=1S/C34H45N8O6P/c1-3-47-32(44)27(20-24-12-7-5-8-13-24)39-49(46,40-28(33(45)48-4-2)21-25-14-9-6-10-15-25)19-18-41-17-11-16-26(41)22-42-23-36-29-30(42)37-34(35)38-31(29)43/h5-10,12-15,23,26-28H,3-4,11,16-22H2,1-2H3,(H2,39,40,46)(H3,35,37,38,43)/t26-,27-,28-/m0/s1. The Morgan fingerprint density at radius 1 is 0.980 bits per heavy atom. The number of nitrogens with two attached hydrogens (primary N) is 1. The minimum Gasteiger partial charge on any atom is -0.465 e. The molecule has 49 heavy (non-hydrogen) atoms. The van der Waals surface area contributed by atoms with Gasteiger partial charge in [-0.15, -0.1) is 0 Å². The zero-order chi connectivity index (χ0) is 34.8. The molecular weight excluding hydrogens is 647 g/mol. The van der Waals surface area contributed by atoms with Crippen molar-refractivity contribution in [1.82, 2.24) is 34.6 Å². The average molecular weight is 693 g/mol. The van der Waals surface area contributed by atoms with Gasteiger partial charge in [-0.1, -0.05) is 60.7 Å². The van der Waals surface area contributed by atoms with E-state index < -0.39 is 37.0 Å². The van der Waals surface area contributed by atoms with Gasteiger partial charge in [0.05, 0.1) is 19.5 Å². The molecule has 0 bridgehead atoms. The Bertz CT molecular complexity index is 1730. The molecule has 0 amide bonds. The van der Waals surface area contributed by atoms with Gasteiger partial charge in [0.25, 0.3) is 5.56 Å². The molecule has 0 radical (unpaired) electrons. The van der Waals surface area contributed by atoms with Crippen LogP contribution >= 0.6 is 7.44 Å². The number of carbonyl (C=O) groups excluding carboxylic acids is 2. The molecule has 262 valence electrons. The minimum absolute atomic E-state index is 0.0129. The molecule has 15 heteroatoms. The van der Waals surface area contributed by atoms with Gasteiger partial charge < -0.3 is 19.8 Å². The lowest BCUT2D eigenvalue weighted by Gasteiger charge is -2.32. The predicted molar refractivity (Wildman–Crippen MR) is 187 cm³/mol. The molecule has 5 rings (SSSR count). The Labute approximate surface area is 285 Å². The lowest BCUT2D eigenvalue weighted by molar-refractivity contribution is -0.145. The molecule has 0 aliphatic carbocycles. The number of nitrogens with zero attached hydrogens (tertiary/aromatic N) is 4. The van der Waals surface area contributed by atoms with Crippen LogP contribution < -0.4 is 21.5 Å². The number of aromatic nitrogens is 4. The number of hydrogen-bond acceptors (Lipinski definition) is 10. The second-order valence-corrected chi connectivity index (χ2v) is 14.5. The summed E-state index contributed by atoms with van der Waals surface area (Å²) in [5.41, 5.74) is 7.76. The summed E-state index contributed by atoms with van der Waals surface area (Å²) in [4.78, 5) is 52.2. The monoisotopic (exact) mass is 692 g/mol. The number of nitrogens with one attached hydrogen (secondary N) is 3. The van der Waals surface area contributed by atoms with Gasteiger partial charge in [-0.25, -0.2) is 15.2 Å². The lowest BCUT2D eigenvalue weighted by Crippen LogP contribution is -2.47. The average Bonchev–Trinajstić information content (AvgIpc) is 3.71. The van der Waals surface area contributed by atoms with Crippen LogP contribution in [0, 0.1) is 0 Å². The highest BCUT2D eigenvalue weighted by molar-refractivity contribution is 7.60. The summed E-state index contributed by atoms with van der Waals surface area (Å²) in [6, 6.07) is 17.0. The van der Waals surface area contributed by atoms with Crippen LogP contribution in [-0.2, 0) is 43.0 Å². The first kappa shape index (κ1) is 35.9. The van der Waals surface area contributed by atoms with Crippen molar-refractivity contribution in [3.63, 3.8) is 0 Å². The second kappa shape index (κ2) is 16.8. The number of esters is 2. The van der Waals surface area contributed by atoms with E-state index in [-0.39, 0.29) is 49.7 Å². The summed E-state index contributed by atoms with van der Waals surface area (Å²) in [7, 11) is -3.70. The summed E-state index contributed by atoms with van der Waals surface area (Å²) >= 11 is 0. The van der Waals surface area contributed by atoms with Crippen molar-refractivity contribution in [2.45, 2.75) is 64.2 Å². The van der Waals surface area contributed by atoms with Gasteiger partial charge in [0.1, 0.15) is 12.1 Å². The number of ether oxygens (including phenoxy) is 2. The molecule has 2 aromatic heterocycles. The smallest absolute Gasteiger partial charge is 0.323 e. The Morgan fingerprint density at radius 3 is 2.10 bits per heavy atom. The number of anilines is 1. The van der Waals surface area contributed by atoms with Gasteiger partial charge in [0, 0.05) is 25.3 Å². The molecule has 14 nitrogen and oxygen atoms in total. The normalized spacial score (nSPS) is 16.4. The fourth-order valence-electron chi connectivity index (χ4n) is 6.22. The van der Waals surface area contributed by atoms with Gasteiger partial charge >= 0.3 is 11.9 Å². The van der Waals surface area contributed by atoms with E-state index in [2.05, 4.69) is 30.0 Å². The van der Waals surface area contributed by atoms with Crippen molar-refractivity contribution in [3.8, 4) is 0 Å². The van der Waals surface area contributed by atoms with Crippen molar-refractivity contribution in [2.24, 2.45) is 0 Å². The number of H-pyrrole nitrogens is 1. The Kier molecular flexibility index (Phi) is 12.4. The van der Waals surface area contributed by atoms with Gasteiger partial charge in [-0.05, 0) is 57.2 Å². The molecule has 1 aliphatic heterocycles. The first-order valence-electron chi connectivity index (χ1n) is 16.7. The number of nitrogen functional groups attached to an aromatic ring is 1. The zero-order valence-electron chi connectivity index (χ0n) is 27.9. The SMILES string of the molecule is CCOC(=O)[C@H](Cc1ccccc1)NP(=O)(CCN1CCC[C@H]1Cn1cnc2c(=O)[nH]c(N)nc21)N[C@@H](Cc1ccccc1)C(=O)OCC. The fourth-order valence-corrected chi connectivity index (χ4v) is 8.49. The third kappa shape index (κ3) is 9.63. The number of imidazole rings is 1. The van der Waals surface area contributed by atoms with Crippen LogP contribution in [0.1, 0.15) is 37.8 Å². The Morgan fingerprint density at radius 2 is 1.55 bits per heavy atom.